The third-order valence-electron chi connectivity index (χ3n) is 3.40. The first-order valence-corrected chi connectivity index (χ1v) is 5.94. The van der Waals surface area contributed by atoms with Crippen molar-refractivity contribution in [3.8, 4) is 17.5 Å². The first-order valence-electron chi connectivity index (χ1n) is 5.94. The van der Waals surface area contributed by atoms with Gasteiger partial charge in [0.15, 0.2) is 5.69 Å². The van der Waals surface area contributed by atoms with E-state index in [1.807, 2.05) is 0 Å². The van der Waals surface area contributed by atoms with Crippen molar-refractivity contribution >= 4 is 0 Å². The first kappa shape index (κ1) is 10.8. The molecule has 1 heterocycles. The second-order valence-electron chi connectivity index (χ2n) is 4.49. The van der Waals surface area contributed by atoms with Crippen LogP contribution in [-0.4, -0.2) is 20.1 Å². The molecular weight excluding hydrogens is 228 g/mol. The summed E-state index contributed by atoms with van der Waals surface area (Å²) in [4.78, 5) is 0. The van der Waals surface area contributed by atoms with E-state index in [4.69, 9.17) is 5.26 Å². The molecular formula is C13H12N4O. The number of nitrogens with zero attached hydrogens (tertiary/aromatic N) is 4. The summed E-state index contributed by atoms with van der Waals surface area (Å²) in [6.07, 6.45) is 3.36. The van der Waals surface area contributed by atoms with E-state index in [0.29, 0.717) is 11.6 Å². The van der Waals surface area contributed by atoms with Crippen molar-refractivity contribution in [2.24, 2.45) is 0 Å². The minimum absolute atomic E-state index is 0.213. The van der Waals surface area contributed by atoms with Crippen molar-refractivity contribution < 1.29 is 5.11 Å². The largest absolute Gasteiger partial charge is 0.508 e. The Morgan fingerprint density at radius 2 is 2.00 bits per heavy atom. The predicted octanol–water partition coefficient (Wildman–Crippen LogP) is 2.11. The molecule has 0 aliphatic heterocycles. The Morgan fingerprint density at radius 3 is 2.56 bits per heavy atom. The van der Waals surface area contributed by atoms with Crippen LogP contribution in [-0.2, 0) is 0 Å². The number of phenolic OH excluding ortho intramolecular Hbond substituents is 1. The average Bonchev–Trinajstić information content (AvgIpc) is 2.72. The number of hydrogen-bond acceptors (Lipinski definition) is 4. The second kappa shape index (κ2) is 4.15. The molecule has 1 aliphatic carbocycles. The van der Waals surface area contributed by atoms with Gasteiger partial charge in [-0.2, -0.15) is 5.26 Å². The Labute approximate surface area is 104 Å². The van der Waals surface area contributed by atoms with Gasteiger partial charge in [0.25, 0.3) is 0 Å². The highest BCUT2D eigenvalue weighted by Crippen LogP contribution is 2.38. The number of aromatic nitrogens is 3. The zero-order valence-corrected chi connectivity index (χ0v) is 9.74. The van der Waals surface area contributed by atoms with E-state index in [2.05, 4.69) is 16.4 Å². The highest BCUT2D eigenvalue weighted by molar-refractivity contribution is 5.41. The van der Waals surface area contributed by atoms with Crippen LogP contribution in [0.1, 0.15) is 36.6 Å². The van der Waals surface area contributed by atoms with E-state index in [1.165, 1.54) is 6.42 Å². The van der Waals surface area contributed by atoms with E-state index in [9.17, 15) is 5.11 Å². The SMILES string of the molecule is N#Cc1nnn(-c2ccc(O)cc2)c1C1CCC1. The molecule has 1 aliphatic rings. The summed E-state index contributed by atoms with van der Waals surface area (Å²) in [6, 6.07) is 8.85. The monoisotopic (exact) mass is 240 g/mol. The van der Waals surface area contributed by atoms with Gasteiger partial charge in [0.1, 0.15) is 11.8 Å². The van der Waals surface area contributed by atoms with Crippen LogP contribution in [0.3, 0.4) is 0 Å². The fraction of sp³-hybridized carbons (Fsp3) is 0.308. The molecule has 1 aromatic carbocycles. The van der Waals surface area contributed by atoms with Crippen LogP contribution in [0.4, 0.5) is 0 Å². The van der Waals surface area contributed by atoms with Gasteiger partial charge in [0, 0.05) is 5.92 Å². The van der Waals surface area contributed by atoms with Gasteiger partial charge in [-0.3, -0.25) is 0 Å². The van der Waals surface area contributed by atoms with Gasteiger partial charge in [-0.05, 0) is 37.1 Å². The zero-order chi connectivity index (χ0) is 12.5. The molecule has 18 heavy (non-hydrogen) atoms. The minimum Gasteiger partial charge on any atom is -0.508 e. The quantitative estimate of drug-likeness (QED) is 0.872. The topological polar surface area (TPSA) is 74.7 Å². The van der Waals surface area contributed by atoms with Crippen molar-refractivity contribution in [3.63, 3.8) is 0 Å². The summed E-state index contributed by atoms with van der Waals surface area (Å²) in [5.41, 5.74) is 2.13. The lowest BCUT2D eigenvalue weighted by molar-refractivity contribution is 0.402. The van der Waals surface area contributed by atoms with Crippen LogP contribution in [0.15, 0.2) is 24.3 Å². The van der Waals surface area contributed by atoms with Gasteiger partial charge < -0.3 is 5.11 Å². The van der Waals surface area contributed by atoms with Crippen molar-refractivity contribution in [2.75, 3.05) is 0 Å². The summed E-state index contributed by atoms with van der Waals surface area (Å²) < 4.78 is 1.71. The molecule has 1 fully saturated rings. The minimum atomic E-state index is 0.213. The maximum atomic E-state index is 9.29. The highest BCUT2D eigenvalue weighted by Gasteiger charge is 2.28. The lowest BCUT2D eigenvalue weighted by atomic mass is 9.82. The molecule has 2 aromatic rings. The smallest absolute Gasteiger partial charge is 0.186 e. The number of benzene rings is 1. The van der Waals surface area contributed by atoms with Crippen molar-refractivity contribution in [3.05, 3.63) is 35.7 Å². The summed E-state index contributed by atoms with van der Waals surface area (Å²) >= 11 is 0. The molecule has 1 saturated carbocycles. The molecule has 0 atom stereocenters. The highest BCUT2D eigenvalue weighted by atomic mass is 16.3. The van der Waals surface area contributed by atoms with Crippen LogP contribution in [0, 0.1) is 11.3 Å². The van der Waals surface area contributed by atoms with Crippen LogP contribution in [0.5, 0.6) is 5.75 Å². The molecule has 0 saturated heterocycles. The Hall–Kier alpha value is -2.35. The van der Waals surface area contributed by atoms with Crippen LogP contribution < -0.4 is 0 Å². The maximum absolute atomic E-state index is 9.29. The molecule has 5 nitrogen and oxygen atoms in total. The third-order valence-corrected chi connectivity index (χ3v) is 3.40. The lowest BCUT2D eigenvalue weighted by Crippen LogP contribution is -2.15. The Kier molecular flexibility index (Phi) is 2.49. The van der Waals surface area contributed by atoms with Crippen LogP contribution in [0.25, 0.3) is 5.69 Å². The van der Waals surface area contributed by atoms with Gasteiger partial charge in [-0.25, -0.2) is 4.68 Å². The molecule has 0 amide bonds. The molecule has 5 heteroatoms. The van der Waals surface area contributed by atoms with Gasteiger partial charge in [-0.1, -0.05) is 11.6 Å². The van der Waals surface area contributed by atoms with E-state index in [-0.39, 0.29) is 5.75 Å². The van der Waals surface area contributed by atoms with E-state index < -0.39 is 0 Å². The number of hydrogen-bond donors (Lipinski definition) is 1. The van der Waals surface area contributed by atoms with Gasteiger partial charge in [0.2, 0.25) is 0 Å². The molecule has 0 unspecified atom stereocenters. The fourth-order valence-electron chi connectivity index (χ4n) is 2.20. The summed E-state index contributed by atoms with van der Waals surface area (Å²) in [5, 5.41) is 26.4. The van der Waals surface area contributed by atoms with Gasteiger partial charge in [0.05, 0.1) is 11.4 Å². The Balaban J connectivity index is 2.09. The number of rotatable bonds is 2. The second-order valence-corrected chi connectivity index (χ2v) is 4.49. The van der Waals surface area contributed by atoms with Crippen LogP contribution in [0.2, 0.25) is 0 Å². The number of nitriles is 1. The number of phenols is 1. The molecule has 90 valence electrons. The standard InChI is InChI=1S/C13H12N4O/c14-8-12-13(9-2-1-3-9)17(16-15-12)10-4-6-11(18)7-5-10/h4-7,9,18H,1-3H2. The third kappa shape index (κ3) is 1.63. The summed E-state index contributed by atoms with van der Waals surface area (Å²) in [5.74, 6) is 0.591. The lowest BCUT2D eigenvalue weighted by Gasteiger charge is -2.25. The first-order chi connectivity index (χ1) is 8.79. The van der Waals surface area contributed by atoms with Gasteiger partial charge >= 0.3 is 0 Å². The molecule has 0 spiro atoms. The van der Waals surface area contributed by atoms with Crippen molar-refractivity contribution in [2.45, 2.75) is 25.2 Å². The van der Waals surface area contributed by atoms with Crippen molar-refractivity contribution in [1.29, 1.82) is 5.26 Å². The fourth-order valence-corrected chi connectivity index (χ4v) is 2.20. The Bertz CT molecular complexity index is 605. The normalized spacial score (nSPS) is 15.1. The van der Waals surface area contributed by atoms with Crippen molar-refractivity contribution in [1.82, 2.24) is 15.0 Å². The predicted molar refractivity (Wildman–Crippen MR) is 64.3 cm³/mol. The summed E-state index contributed by atoms with van der Waals surface area (Å²) in [6.45, 7) is 0. The number of aromatic hydroxyl groups is 1. The molecule has 0 radical (unpaired) electrons. The molecule has 0 bridgehead atoms. The Morgan fingerprint density at radius 1 is 1.28 bits per heavy atom. The molecule has 3 rings (SSSR count). The zero-order valence-electron chi connectivity index (χ0n) is 9.74. The van der Waals surface area contributed by atoms with E-state index >= 15 is 0 Å². The van der Waals surface area contributed by atoms with Gasteiger partial charge in [-0.15, -0.1) is 5.10 Å². The maximum Gasteiger partial charge on any atom is 0.186 e. The summed E-state index contributed by atoms with van der Waals surface area (Å²) in [7, 11) is 0. The molecule has 1 aromatic heterocycles. The average molecular weight is 240 g/mol. The molecule has 1 N–H and O–H groups in total. The van der Waals surface area contributed by atoms with E-state index in [1.54, 1.807) is 28.9 Å². The van der Waals surface area contributed by atoms with Crippen LogP contribution >= 0.6 is 0 Å². The van der Waals surface area contributed by atoms with E-state index in [0.717, 1.165) is 24.2 Å².